The van der Waals surface area contributed by atoms with E-state index in [0.29, 0.717) is 0 Å². The number of aromatic nitrogens is 2. The van der Waals surface area contributed by atoms with Gasteiger partial charge in [0.15, 0.2) is 0 Å². The van der Waals surface area contributed by atoms with Gasteiger partial charge in [0.25, 0.3) is 0 Å². The van der Waals surface area contributed by atoms with Crippen LogP contribution in [0.1, 0.15) is 24.0 Å². The highest BCUT2D eigenvalue weighted by Crippen LogP contribution is 2.33. The molecule has 72 valence electrons. The molecule has 0 spiro atoms. The van der Waals surface area contributed by atoms with Crippen molar-refractivity contribution in [1.82, 2.24) is 10.2 Å². The van der Waals surface area contributed by atoms with E-state index >= 15 is 0 Å². The van der Waals surface area contributed by atoms with Crippen molar-refractivity contribution in [3.8, 4) is 0 Å². The lowest BCUT2D eigenvalue weighted by Gasteiger charge is -2.17. The predicted octanol–water partition coefficient (Wildman–Crippen LogP) is 3.20. The Hall–Kier alpha value is -0.830. The number of nitrogens with zero attached hydrogens (tertiary/aromatic N) is 1. The van der Waals surface area contributed by atoms with Gasteiger partial charge in [-0.3, -0.25) is 5.10 Å². The standard InChI is InChI=1S/C11H11BrN2/c12-11-8-4-2-1-3-7(8)5-10-9(11)6-13-14-10/h5-6H,1-4H2,(H,13,14). The minimum atomic E-state index is 1.15. The zero-order valence-electron chi connectivity index (χ0n) is 7.81. The van der Waals surface area contributed by atoms with Crippen molar-refractivity contribution in [2.24, 2.45) is 0 Å². The maximum absolute atomic E-state index is 4.08. The number of hydrogen-bond acceptors (Lipinski definition) is 1. The number of halogens is 1. The molecular formula is C11H11BrN2. The van der Waals surface area contributed by atoms with Gasteiger partial charge in [-0.2, -0.15) is 5.10 Å². The normalized spacial score (nSPS) is 15.8. The van der Waals surface area contributed by atoms with Crippen molar-refractivity contribution in [3.05, 3.63) is 27.9 Å². The van der Waals surface area contributed by atoms with Crippen molar-refractivity contribution in [2.45, 2.75) is 25.7 Å². The molecule has 0 radical (unpaired) electrons. The number of benzene rings is 1. The number of nitrogens with one attached hydrogen (secondary N) is 1. The predicted molar refractivity (Wildman–Crippen MR) is 60.4 cm³/mol. The van der Waals surface area contributed by atoms with Gasteiger partial charge in [0, 0.05) is 9.86 Å². The SMILES string of the molecule is Brc1c2c(cc3[nH]ncc13)CCCC2. The summed E-state index contributed by atoms with van der Waals surface area (Å²) >= 11 is 3.69. The van der Waals surface area contributed by atoms with E-state index in [-0.39, 0.29) is 0 Å². The van der Waals surface area contributed by atoms with E-state index in [1.54, 1.807) is 0 Å². The molecule has 1 aromatic carbocycles. The largest absolute Gasteiger partial charge is 0.278 e. The van der Waals surface area contributed by atoms with Crippen LogP contribution in [0.3, 0.4) is 0 Å². The van der Waals surface area contributed by atoms with Crippen LogP contribution in [0.15, 0.2) is 16.7 Å². The molecule has 0 bridgehead atoms. The Bertz CT molecular complexity index is 487. The minimum absolute atomic E-state index is 1.15. The Kier molecular flexibility index (Phi) is 1.87. The number of aromatic amines is 1. The lowest BCUT2D eigenvalue weighted by atomic mass is 9.91. The number of fused-ring (bicyclic) bond motifs is 2. The first kappa shape index (κ1) is 8.48. The Labute approximate surface area is 90.8 Å². The van der Waals surface area contributed by atoms with Crippen LogP contribution in [0.4, 0.5) is 0 Å². The topological polar surface area (TPSA) is 28.7 Å². The molecule has 2 nitrogen and oxygen atoms in total. The average Bonchev–Trinajstić information content (AvgIpc) is 2.66. The lowest BCUT2D eigenvalue weighted by molar-refractivity contribution is 0.685. The molecule has 0 atom stereocenters. The quantitative estimate of drug-likeness (QED) is 0.765. The second-order valence-corrected chi connectivity index (χ2v) is 4.66. The number of aryl methyl sites for hydroxylation is 1. The average molecular weight is 251 g/mol. The molecule has 1 aliphatic rings. The van der Waals surface area contributed by atoms with Crippen molar-refractivity contribution >= 4 is 26.8 Å². The number of hydrogen-bond donors (Lipinski definition) is 1. The third kappa shape index (κ3) is 1.12. The van der Waals surface area contributed by atoms with Gasteiger partial charge in [-0.15, -0.1) is 0 Å². The molecule has 0 fully saturated rings. The molecule has 0 amide bonds. The Morgan fingerprint density at radius 1 is 1.29 bits per heavy atom. The molecule has 0 unspecified atom stereocenters. The molecule has 2 aromatic rings. The maximum Gasteiger partial charge on any atom is 0.0664 e. The van der Waals surface area contributed by atoms with E-state index in [1.807, 2.05) is 6.20 Å². The van der Waals surface area contributed by atoms with Gasteiger partial charge in [-0.25, -0.2) is 0 Å². The lowest BCUT2D eigenvalue weighted by Crippen LogP contribution is -2.03. The summed E-state index contributed by atoms with van der Waals surface area (Å²) in [5.41, 5.74) is 4.13. The highest BCUT2D eigenvalue weighted by atomic mass is 79.9. The van der Waals surface area contributed by atoms with Gasteiger partial charge in [-0.05, 0) is 58.8 Å². The summed E-state index contributed by atoms with van der Waals surface area (Å²) in [4.78, 5) is 0. The third-order valence-corrected chi connectivity index (χ3v) is 3.91. The first-order valence-electron chi connectivity index (χ1n) is 4.99. The summed E-state index contributed by atoms with van der Waals surface area (Å²) in [6.45, 7) is 0. The van der Waals surface area contributed by atoms with Gasteiger partial charge in [0.05, 0.1) is 11.7 Å². The van der Waals surface area contributed by atoms with E-state index in [0.717, 1.165) is 5.52 Å². The smallest absolute Gasteiger partial charge is 0.0664 e. The molecule has 3 heteroatoms. The molecule has 1 heterocycles. The van der Waals surface area contributed by atoms with Gasteiger partial charge in [0.2, 0.25) is 0 Å². The Balaban J connectivity index is 2.36. The summed E-state index contributed by atoms with van der Waals surface area (Å²) < 4.78 is 1.25. The first-order chi connectivity index (χ1) is 6.86. The molecule has 1 N–H and O–H groups in total. The molecule has 1 aliphatic carbocycles. The number of rotatable bonds is 0. The number of H-pyrrole nitrogens is 1. The van der Waals surface area contributed by atoms with Gasteiger partial charge < -0.3 is 0 Å². The maximum atomic E-state index is 4.08. The fraction of sp³-hybridized carbons (Fsp3) is 0.364. The third-order valence-electron chi connectivity index (χ3n) is 3.00. The van der Waals surface area contributed by atoms with E-state index in [1.165, 1.54) is 46.7 Å². The first-order valence-corrected chi connectivity index (χ1v) is 5.79. The van der Waals surface area contributed by atoms with Crippen molar-refractivity contribution in [3.63, 3.8) is 0 Å². The summed E-state index contributed by atoms with van der Waals surface area (Å²) in [5.74, 6) is 0. The zero-order chi connectivity index (χ0) is 9.54. The fourth-order valence-electron chi connectivity index (χ4n) is 2.26. The van der Waals surface area contributed by atoms with Gasteiger partial charge in [-0.1, -0.05) is 0 Å². The summed E-state index contributed by atoms with van der Waals surface area (Å²) in [5, 5.41) is 8.32. The monoisotopic (exact) mass is 250 g/mol. The van der Waals surface area contributed by atoms with Crippen LogP contribution < -0.4 is 0 Å². The molecule has 0 saturated carbocycles. The highest BCUT2D eigenvalue weighted by molar-refractivity contribution is 9.10. The minimum Gasteiger partial charge on any atom is -0.278 e. The Morgan fingerprint density at radius 3 is 3.07 bits per heavy atom. The molecule has 1 aromatic heterocycles. The van der Waals surface area contributed by atoms with Crippen molar-refractivity contribution in [2.75, 3.05) is 0 Å². The van der Waals surface area contributed by atoms with Crippen LogP contribution in [0.2, 0.25) is 0 Å². The molecular weight excluding hydrogens is 240 g/mol. The second kappa shape index (κ2) is 3.09. The summed E-state index contributed by atoms with van der Waals surface area (Å²) in [6, 6.07) is 2.25. The summed E-state index contributed by atoms with van der Waals surface area (Å²) in [6.07, 6.45) is 6.95. The molecule has 14 heavy (non-hydrogen) atoms. The second-order valence-electron chi connectivity index (χ2n) is 3.87. The molecule has 3 rings (SSSR count). The van der Waals surface area contributed by atoms with Crippen molar-refractivity contribution in [1.29, 1.82) is 0 Å². The van der Waals surface area contributed by atoms with Crippen LogP contribution in [0.5, 0.6) is 0 Å². The van der Waals surface area contributed by atoms with E-state index in [4.69, 9.17) is 0 Å². The van der Waals surface area contributed by atoms with Gasteiger partial charge in [0.1, 0.15) is 0 Å². The van der Waals surface area contributed by atoms with Crippen LogP contribution in [0.25, 0.3) is 10.9 Å². The van der Waals surface area contributed by atoms with Crippen LogP contribution in [0, 0.1) is 0 Å². The van der Waals surface area contributed by atoms with Gasteiger partial charge >= 0.3 is 0 Å². The van der Waals surface area contributed by atoms with E-state index < -0.39 is 0 Å². The van der Waals surface area contributed by atoms with E-state index in [2.05, 4.69) is 32.2 Å². The van der Waals surface area contributed by atoms with Crippen molar-refractivity contribution < 1.29 is 0 Å². The van der Waals surface area contributed by atoms with E-state index in [9.17, 15) is 0 Å². The molecule has 0 saturated heterocycles. The fourth-order valence-corrected chi connectivity index (χ4v) is 3.03. The Morgan fingerprint density at radius 2 is 2.14 bits per heavy atom. The van der Waals surface area contributed by atoms with Crippen LogP contribution in [-0.4, -0.2) is 10.2 Å². The summed E-state index contributed by atoms with van der Waals surface area (Å²) in [7, 11) is 0. The zero-order valence-corrected chi connectivity index (χ0v) is 9.39. The molecule has 0 aliphatic heterocycles. The van der Waals surface area contributed by atoms with Crippen LogP contribution >= 0.6 is 15.9 Å². The highest BCUT2D eigenvalue weighted by Gasteiger charge is 2.15. The van der Waals surface area contributed by atoms with Crippen LogP contribution in [-0.2, 0) is 12.8 Å².